The van der Waals surface area contributed by atoms with E-state index >= 15 is 0 Å². The van der Waals surface area contributed by atoms with Crippen molar-refractivity contribution in [1.29, 1.82) is 0 Å². The van der Waals surface area contributed by atoms with Crippen LogP contribution in [-0.2, 0) is 0 Å². The van der Waals surface area contributed by atoms with Gasteiger partial charge in [0.2, 0.25) is 5.95 Å². The zero-order valence-corrected chi connectivity index (χ0v) is 12.3. The smallest absolute Gasteiger partial charge is 0.224 e. The average Bonchev–Trinajstić information content (AvgIpc) is 2.35. The summed E-state index contributed by atoms with van der Waals surface area (Å²) in [5.41, 5.74) is 1.13. The lowest BCUT2D eigenvalue weighted by Gasteiger charge is -2.21. The van der Waals surface area contributed by atoms with Crippen LogP contribution < -0.4 is 10.2 Å². The molecule has 1 aromatic heterocycles. The third-order valence-corrected chi connectivity index (χ3v) is 2.88. The van der Waals surface area contributed by atoms with E-state index in [9.17, 15) is 0 Å². The van der Waals surface area contributed by atoms with Gasteiger partial charge >= 0.3 is 0 Å². The minimum atomic E-state index is 0.715. The summed E-state index contributed by atoms with van der Waals surface area (Å²) in [6.07, 6.45) is 4.15. The van der Waals surface area contributed by atoms with Crippen molar-refractivity contribution in [2.75, 3.05) is 30.4 Å². The standard InChI is InChI=1S/C14H26N4/c1-6-8-15-14-16-10-12(4)13(17-14)18(5)9-7-11(2)3/h10-11H,6-9H2,1-5H3,(H,15,16,17). The lowest BCUT2D eigenvalue weighted by molar-refractivity contribution is 0.583. The predicted octanol–water partition coefficient (Wildman–Crippen LogP) is 3.09. The summed E-state index contributed by atoms with van der Waals surface area (Å²) in [5, 5.41) is 3.23. The molecule has 0 atom stereocenters. The van der Waals surface area contributed by atoms with Crippen molar-refractivity contribution >= 4 is 11.8 Å². The van der Waals surface area contributed by atoms with Crippen molar-refractivity contribution in [2.24, 2.45) is 5.92 Å². The van der Waals surface area contributed by atoms with E-state index in [1.54, 1.807) is 0 Å². The first-order valence-corrected chi connectivity index (χ1v) is 6.83. The number of rotatable bonds is 7. The molecule has 0 bridgehead atoms. The number of nitrogens with zero attached hydrogens (tertiary/aromatic N) is 3. The second-order valence-electron chi connectivity index (χ2n) is 5.23. The van der Waals surface area contributed by atoms with E-state index in [0.29, 0.717) is 5.92 Å². The summed E-state index contributed by atoms with van der Waals surface area (Å²) in [6, 6.07) is 0. The Labute approximate surface area is 111 Å². The maximum atomic E-state index is 4.59. The largest absolute Gasteiger partial charge is 0.359 e. The molecule has 1 rings (SSSR count). The maximum absolute atomic E-state index is 4.59. The third kappa shape index (κ3) is 4.51. The fraction of sp³-hybridized carbons (Fsp3) is 0.714. The molecular weight excluding hydrogens is 224 g/mol. The van der Waals surface area contributed by atoms with Gasteiger partial charge in [-0.05, 0) is 25.7 Å². The number of aryl methyl sites for hydroxylation is 1. The molecule has 0 aliphatic heterocycles. The Morgan fingerprint density at radius 1 is 1.39 bits per heavy atom. The number of aromatic nitrogens is 2. The first-order chi connectivity index (χ1) is 8.54. The van der Waals surface area contributed by atoms with E-state index in [1.165, 1.54) is 6.42 Å². The fourth-order valence-electron chi connectivity index (χ4n) is 1.70. The molecule has 1 N–H and O–H groups in total. The minimum absolute atomic E-state index is 0.715. The highest BCUT2D eigenvalue weighted by Gasteiger charge is 2.09. The summed E-state index contributed by atoms with van der Waals surface area (Å²) in [5.74, 6) is 2.48. The van der Waals surface area contributed by atoms with Gasteiger partial charge in [0.1, 0.15) is 5.82 Å². The van der Waals surface area contributed by atoms with Crippen LogP contribution >= 0.6 is 0 Å². The van der Waals surface area contributed by atoms with Gasteiger partial charge in [-0.1, -0.05) is 20.8 Å². The van der Waals surface area contributed by atoms with Crippen LogP contribution in [0.3, 0.4) is 0 Å². The van der Waals surface area contributed by atoms with Crippen LogP contribution in [0.2, 0.25) is 0 Å². The molecule has 4 heteroatoms. The van der Waals surface area contributed by atoms with Gasteiger partial charge < -0.3 is 10.2 Å². The van der Waals surface area contributed by atoms with E-state index in [4.69, 9.17) is 0 Å². The van der Waals surface area contributed by atoms with Crippen LogP contribution in [-0.4, -0.2) is 30.1 Å². The van der Waals surface area contributed by atoms with Crippen LogP contribution in [0.4, 0.5) is 11.8 Å². The van der Waals surface area contributed by atoms with Gasteiger partial charge in [0, 0.05) is 31.9 Å². The van der Waals surface area contributed by atoms with E-state index < -0.39 is 0 Å². The van der Waals surface area contributed by atoms with Crippen molar-refractivity contribution in [1.82, 2.24) is 9.97 Å². The Kier molecular flexibility index (Phi) is 5.89. The molecule has 102 valence electrons. The predicted molar refractivity (Wildman–Crippen MR) is 78.3 cm³/mol. The number of nitrogens with one attached hydrogen (secondary N) is 1. The quantitative estimate of drug-likeness (QED) is 0.807. The highest BCUT2D eigenvalue weighted by atomic mass is 15.2. The zero-order valence-electron chi connectivity index (χ0n) is 12.3. The van der Waals surface area contributed by atoms with Crippen LogP contribution in [0, 0.1) is 12.8 Å². The summed E-state index contributed by atoms with van der Waals surface area (Å²) in [4.78, 5) is 11.1. The lowest BCUT2D eigenvalue weighted by atomic mass is 10.1. The van der Waals surface area contributed by atoms with Crippen molar-refractivity contribution in [3.63, 3.8) is 0 Å². The summed E-state index contributed by atoms with van der Waals surface area (Å²) in [7, 11) is 2.10. The van der Waals surface area contributed by atoms with Crippen LogP contribution in [0.25, 0.3) is 0 Å². The maximum Gasteiger partial charge on any atom is 0.224 e. The van der Waals surface area contributed by atoms with Gasteiger partial charge in [0.15, 0.2) is 0 Å². The molecule has 0 radical (unpaired) electrons. The molecule has 0 saturated heterocycles. The molecule has 0 aliphatic carbocycles. The molecule has 1 heterocycles. The van der Waals surface area contributed by atoms with Crippen molar-refractivity contribution in [3.05, 3.63) is 11.8 Å². The van der Waals surface area contributed by atoms with Crippen molar-refractivity contribution in [3.8, 4) is 0 Å². The molecule has 18 heavy (non-hydrogen) atoms. The van der Waals surface area contributed by atoms with E-state index in [-0.39, 0.29) is 0 Å². The van der Waals surface area contributed by atoms with E-state index in [1.807, 2.05) is 6.20 Å². The topological polar surface area (TPSA) is 41.1 Å². The van der Waals surface area contributed by atoms with Gasteiger partial charge in [-0.2, -0.15) is 4.98 Å². The summed E-state index contributed by atoms with van der Waals surface area (Å²) in [6.45, 7) is 10.6. The lowest BCUT2D eigenvalue weighted by Crippen LogP contribution is -2.22. The normalized spacial score (nSPS) is 10.8. The van der Waals surface area contributed by atoms with Crippen molar-refractivity contribution in [2.45, 2.75) is 40.5 Å². The van der Waals surface area contributed by atoms with Gasteiger partial charge in [-0.15, -0.1) is 0 Å². The highest BCUT2D eigenvalue weighted by Crippen LogP contribution is 2.17. The Hall–Kier alpha value is -1.32. The Morgan fingerprint density at radius 3 is 2.72 bits per heavy atom. The summed E-state index contributed by atoms with van der Waals surface area (Å²) < 4.78 is 0. The van der Waals surface area contributed by atoms with Gasteiger partial charge in [-0.25, -0.2) is 4.98 Å². The average molecular weight is 250 g/mol. The first-order valence-electron chi connectivity index (χ1n) is 6.83. The molecule has 0 amide bonds. The van der Waals surface area contributed by atoms with Gasteiger partial charge in [0.05, 0.1) is 0 Å². The molecular formula is C14H26N4. The monoisotopic (exact) mass is 250 g/mol. The molecule has 0 aliphatic rings. The summed E-state index contributed by atoms with van der Waals surface area (Å²) >= 11 is 0. The van der Waals surface area contributed by atoms with Crippen LogP contribution in [0.1, 0.15) is 39.2 Å². The number of hydrogen-bond donors (Lipinski definition) is 1. The van der Waals surface area contributed by atoms with Gasteiger partial charge in [0.25, 0.3) is 0 Å². The molecule has 0 unspecified atom stereocenters. The first kappa shape index (κ1) is 14.7. The third-order valence-electron chi connectivity index (χ3n) is 2.88. The molecule has 0 fully saturated rings. The van der Waals surface area contributed by atoms with E-state index in [0.717, 1.165) is 36.8 Å². The minimum Gasteiger partial charge on any atom is -0.359 e. The number of anilines is 2. The second kappa shape index (κ2) is 7.19. The van der Waals surface area contributed by atoms with Crippen molar-refractivity contribution < 1.29 is 0 Å². The van der Waals surface area contributed by atoms with Crippen LogP contribution in [0.5, 0.6) is 0 Å². The molecule has 4 nitrogen and oxygen atoms in total. The Balaban J connectivity index is 2.72. The fourth-order valence-corrected chi connectivity index (χ4v) is 1.70. The van der Waals surface area contributed by atoms with Gasteiger partial charge in [-0.3, -0.25) is 0 Å². The number of hydrogen-bond acceptors (Lipinski definition) is 4. The van der Waals surface area contributed by atoms with Crippen LogP contribution in [0.15, 0.2) is 6.20 Å². The molecule has 0 spiro atoms. The zero-order chi connectivity index (χ0) is 13.5. The Morgan fingerprint density at radius 2 is 2.11 bits per heavy atom. The SMILES string of the molecule is CCCNc1ncc(C)c(N(C)CCC(C)C)n1. The second-order valence-corrected chi connectivity index (χ2v) is 5.23. The molecule has 0 aromatic carbocycles. The molecule has 1 aromatic rings. The Bertz CT molecular complexity index is 363. The highest BCUT2D eigenvalue weighted by molar-refractivity contribution is 5.48. The molecule has 0 saturated carbocycles. The van der Waals surface area contributed by atoms with E-state index in [2.05, 4.69) is 54.9 Å².